The molecule has 0 aliphatic carbocycles. The molecule has 0 saturated heterocycles. The molecular formula is C15H17N5OS. The van der Waals surface area contributed by atoms with Crippen molar-refractivity contribution in [2.24, 2.45) is 0 Å². The number of aromatic nitrogens is 5. The van der Waals surface area contributed by atoms with Gasteiger partial charge in [0, 0.05) is 30.9 Å². The molecular weight excluding hydrogens is 298 g/mol. The highest BCUT2D eigenvalue weighted by atomic mass is 32.2. The van der Waals surface area contributed by atoms with E-state index in [1.165, 1.54) is 0 Å². The van der Waals surface area contributed by atoms with Crippen LogP contribution in [0.25, 0.3) is 11.0 Å². The first-order chi connectivity index (χ1) is 10.7. The third kappa shape index (κ3) is 2.89. The van der Waals surface area contributed by atoms with Crippen LogP contribution in [-0.4, -0.2) is 34.5 Å². The van der Waals surface area contributed by atoms with Crippen LogP contribution in [0.5, 0.6) is 0 Å². The number of nitrogens with zero attached hydrogens (tertiary/aromatic N) is 5. The summed E-state index contributed by atoms with van der Waals surface area (Å²) in [5, 5.41) is 0.398. The van der Waals surface area contributed by atoms with E-state index in [0.29, 0.717) is 10.9 Å². The van der Waals surface area contributed by atoms with Gasteiger partial charge in [0.2, 0.25) is 5.16 Å². The zero-order valence-electron chi connectivity index (χ0n) is 12.6. The van der Waals surface area contributed by atoms with E-state index < -0.39 is 10.8 Å². The Bertz CT molecular complexity index is 815. The summed E-state index contributed by atoms with van der Waals surface area (Å²) in [7, 11) is -1.16. The lowest BCUT2D eigenvalue weighted by atomic mass is 10.2. The van der Waals surface area contributed by atoms with E-state index >= 15 is 0 Å². The topological polar surface area (TPSA) is 73.6 Å². The quantitative estimate of drug-likeness (QED) is 0.674. The molecule has 0 spiro atoms. The second kappa shape index (κ2) is 6.31. The van der Waals surface area contributed by atoms with E-state index in [0.717, 1.165) is 35.4 Å². The van der Waals surface area contributed by atoms with Crippen LogP contribution in [0.15, 0.2) is 36.0 Å². The molecule has 3 heterocycles. The molecule has 0 bridgehead atoms. The summed E-state index contributed by atoms with van der Waals surface area (Å²) in [4.78, 5) is 16.8. The van der Waals surface area contributed by atoms with Gasteiger partial charge >= 0.3 is 0 Å². The molecule has 0 aromatic carbocycles. The van der Waals surface area contributed by atoms with Crippen LogP contribution in [0.4, 0.5) is 0 Å². The van der Waals surface area contributed by atoms with Crippen molar-refractivity contribution < 1.29 is 4.21 Å². The zero-order chi connectivity index (χ0) is 15.5. The Labute approximate surface area is 131 Å². The van der Waals surface area contributed by atoms with Gasteiger partial charge < -0.3 is 4.57 Å². The van der Waals surface area contributed by atoms with Crippen LogP contribution in [-0.2, 0) is 17.3 Å². The lowest BCUT2D eigenvalue weighted by Gasteiger charge is -2.08. The van der Waals surface area contributed by atoms with E-state index in [1.807, 2.05) is 20.0 Å². The highest BCUT2D eigenvalue weighted by molar-refractivity contribution is 7.84. The van der Waals surface area contributed by atoms with Crippen molar-refractivity contribution in [1.82, 2.24) is 24.5 Å². The molecule has 0 amide bonds. The Hall–Kier alpha value is -2.15. The summed E-state index contributed by atoms with van der Waals surface area (Å²) >= 11 is 0. The summed E-state index contributed by atoms with van der Waals surface area (Å²) in [5.74, 6) is 1.49. The Balaban J connectivity index is 1.72. The van der Waals surface area contributed by atoms with Gasteiger partial charge in [-0.3, -0.25) is 9.19 Å². The maximum Gasteiger partial charge on any atom is 0.218 e. The fourth-order valence-electron chi connectivity index (χ4n) is 2.50. The average Bonchev–Trinajstić information content (AvgIpc) is 2.85. The molecule has 114 valence electrons. The minimum absolute atomic E-state index is 0.398. The van der Waals surface area contributed by atoms with Crippen LogP contribution in [0.2, 0.25) is 0 Å². The van der Waals surface area contributed by atoms with Crippen LogP contribution in [0.1, 0.15) is 17.8 Å². The molecule has 0 radical (unpaired) electrons. The third-order valence-corrected chi connectivity index (χ3v) is 4.76. The SMILES string of the molecule is Cc1cncc2nc(C)n(CCCS(=O)c3ncccn3)c12. The van der Waals surface area contributed by atoms with Crippen LogP contribution < -0.4 is 0 Å². The van der Waals surface area contributed by atoms with Crippen molar-refractivity contribution in [3.63, 3.8) is 0 Å². The van der Waals surface area contributed by atoms with Gasteiger partial charge in [-0.15, -0.1) is 0 Å². The molecule has 3 rings (SSSR count). The van der Waals surface area contributed by atoms with Gasteiger partial charge in [0.25, 0.3) is 0 Å². The number of rotatable bonds is 5. The molecule has 3 aromatic heterocycles. The molecule has 22 heavy (non-hydrogen) atoms. The van der Waals surface area contributed by atoms with Crippen molar-refractivity contribution >= 4 is 21.8 Å². The minimum Gasteiger partial charge on any atom is -0.328 e. The fraction of sp³-hybridized carbons (Fsp3) is 0.333. The molecule has 0 aliphatic heterocycles. The van der Waals surface area contributed by atoms with Crippen LogP contribution >= 0.6 is 0 Å². The number of hydrogen-bond acceptors (Lipinski definition) is 5. The van der Waals surface area contributed by atoms with E-state index in [-0.39, 0.29) is 0 Å². The number of pyridine rings is 1. The lowest BCUT2D eigenvalue weighted by molar-refractivity contribution is 0.651. The molecule has 0 N–H and O–H groups in total. The predicted molar refractivity (Wildman–Crippen MR) is 84.9 cm³/mol. The van der Waals surface area contributed by atoms with E-state index in [1.54, 1.807) is 24.7 Å². The summed E-state index contributed by atoms with van der Waals surface area (Å²) in [6.45, 7) is 4.78. The highest BCUT2D eigenvalue weighted by Crippen LogP contribution is 2.19. The van der Waals surface area contributed by atoms with Gasteiger partial charge in [-0.05, 0) is 31.9 Å². The molecule has 0 fully saturated rings. The minimum atomic E-state index is -1.16. The van der Waals surface area contributed by atoms with Gasteiger partial charge in [0.05, 0.1) is 22.5 Å². The van der Waals surface area contributed by atoms with Crippen molar-refractivity contribution in [3.8, 4) is 0 Å². The molecule has 3 aromatic rings. The average molecular weight is 315 g/mol. The monoisotopic (exact) mass is 315 g/mol. The highest BCUT2D eigenvalue weighted by Gasteiger charge is 2.11. The summed E-state index contributed by atoms with van der Waals surface area (Å²) in [6.07, 6.45) is 7.63. The van der Waals surface area contributed by atoms with Gasteiger partial charge in [-0.25, -0.2) is 15.0 Å². The Morgan fingerprint density at radius 3 is 2.73 bits per heavy atom. The van der Waals surface area contributed by atoms with E-state index in [2.05, 4.69) is 24.5 Å². The lowest BCUT2D eigenvalue weighted by Crippen LogP contribution is -2.08. The summed E-state index contributed by atoms with van der Waals surface area (Å²) < 4.78 is 14.3. The second-order valence-electron chi connectivity index (χ2n) is 5.07. The fourth-order valence-corrected chi connectivity index (χ4v) is 3.43. The van der Waals surface area contributed by atoms with Crippen molar-refractivity contribution in [3.05, 3.63) is 42.2 Å². The van der Waals surface area contributed by atoms with Crippen LogP contribution in [0.3, 0.4) is 0 Å². The van der Waals surface area contributed by atoms with E-state index in [9.17, 15) is 4.21 Å². The first kappa shape index (κ1) is 14.8. The Morgan fingerprint density at radius 1 is 1.18 bits per heavy atom. The number of hydrogen-bond donors (Lipinski definition) is 0. The first-order valence-electron chi connectivity index (χ1n) is 7.09. The Kier molecular flexibility index (Phi) is 4.24. The molecule has 7 heteroatoms. The van der Waals surface area contributed by atoms with Gasteiger partial charge in [0.15, 0.2) is 0 Å². The maximum absolute atomic E-state index is 12.1. The normalized spacial score (nSPS) is 12.6. The van der Waals surface area contributed by atoms with Crippen molar-refractivity contribution in [2.75, 3.05) is 5.75 Å². The first-order valence-corrected chi connectivity index (χ1v) is 8.41. The third-order valence-electron chi connectivity index (χ3n) is 3.48. The second-order valence-corrected chi connectivity index (χ2v) is 6.53. The molecule has 0 saturated carbocycles. The summed E-state index contributed by atoms with van der Waals surface area (Å²) in [5.41, 5.74) is 3.12. The molecule has 0 aliphatic rings. The van der Waals surface area contributed by atoms with Gasteiger partial charge in [-0.1, -0.05) is 0 Å². The van der Waals surface area contributed by atoms with Crippen molar-refractivity contribution in [2.45, 2.75) is 32.0 Å². The maximum atomic E-state index is 12.1. The van der Waals surface area contributed by atoms with Gasteiger partial charge in [-0.2, -0.15) is 0 Å². The molecule has 1 unspecified atom stereocenters. The smallest absolute Gasteiger partial charge is 0.218 e. The van der Waals surface area contributed by atoms with Crippen molar-refractivity contribution in [1.29, 1.82) is 0 Å². The Morgan fingerprint density at radius 2 is 1.95 bits per heavy atom. The summed E-state index contributed by atoms with van der Waals surface area (Å²) in [6, 6.07) is 1.72. The van der Waals surface area contributed by atoms with Crippen LogP contribution in [0, 0.1) is 13.8 Å². The zero-order valence-corrected chi connectivity index (χ0v) is 13.4. The standard InChI is InChI=1S/C15H17N5OS/c1-11-9-16-10-13-14(11)20(12(2)19-13)7-4-8-22(21)15-17-5-3-6-18-15/h3,5-6,9-10H,4,7-8H2,1-2H3. The molecule has 1 atom stereocenters. The predicted octanol–water partition coefficient (Wildman–Crippen LogP) is 2.04. The number of imidazole rings is 1. The largest absolute Gasteiger partial charge is 0.328 e. The van der Waals surface area contributed by atoms with Gasteiger partial charge in [0.1, 0.15) is 11.3 Å². The number of fused-ring (bicyclic) bond motifs is 1. The van der Waals surface area contributed by atoms with E-state index in [4.69, 9.17) is 0 Å². The molecule has 6 nitrogen and oxygen atoms in total. The number of aryl methyl sites for hydroxylation is 3.